The number of halogens is 6. The predicted octanol–water partition coefficient (Wildman–Crippen LogP) is 2.49. The van der Waals surface area contributed by atoms with Crippen molar-refractivity contribution in [2.75, 3.05) is 6.54 Å². The first kappa shape index (κ1) is 17.6. The fourth-order valence-electron chi connectivity index (χ4n) is 2.36. The Morgan fingerprint density at radius 1 is 1.05 bits per heavy atom. The molecule has 0 radical (unpaired) electrons. The number of carbonyl (C=O) groups excluding carboxylic acids is 1. The van der Waals surface area contributed by atoms with Crippen LogP contribution in [0.3, 0.4) is 0 Å². The van der Waals surface area contributed by atoms with Crippen LogP contribution in [0.15, 0.2) is 0 Å². The van der Waals surface area contributed by atoms with Gasteiger partial charge >= 0.3 is 18.3 Å². The first-order valence-electron chi connectivity index (χ1n) is 6.05. The van der Waals surface area contributed by atoms with Crippen molar-refractivity contribution in [3.05, 3.63) is 0 Å². The van der Waals surface area contributed by atoms with E-state index in [4.69, 9.17) is 5.11 Å². The Bertz CT molecular complexity index is 397. The molecule has 1 amide bonds. The van der Waals surface area contributed by atoms with E-state index in [1.165, 1.54) is 5.32 Å². The number of carboxylic acids is 1. The van der Waals surface area contributed by atoms with Gasteiger partial charge in [0.25, 0.3) is 0 Å². The summed E-state index contributed by atoms with van der Waals surface area (Å²) in [5.41, 5.74) is -1.49. The van der Waals surface area contributed by atoms with Gasteiger partial charge in [-0.25, -0.2) is 0 Å². The molecule has 0 spiro atoms. The third kappa shape index (κ3) is 4.01. The summed E-state index contributed by atoms with van der Waals surface area (Å²) in [4.78, 5) is 22.3. The zero-order valence-corrected chi connectivity index (χ0v) is 10.6. The average Bonchev–Trinajstić information content (AvgIpc) is 2.71. The predicted molar refractivity (Wildman–Crippen MR) is 57.1 cm³/mol. The Labute approximate surface area is 115 Å². The van der Waals surface area contributed by atoms with Gasteiger partial charge in [-0.3, -0.25) is 9.59 Å². The van der Waals surface area contributed by atoms with Crippen LogP contribution in [0.25, 0.3) is 0 Å². The molecule has 0 aliphatic heterocycles. The molecule has 4 nitrogen and oxygen atoms in total. The molecule has 0 bridgehead atoms. The maximum absolute atomic E-state index is 12.3. The van der Waals surface area contributed by atoms with Gasteiger partial charge in [0.2, 0.25) is 11.8 Å². The van der Waals surface area contributed by atoms with E-state index in [1.807, 2.05) is 0 Å². The van der Waals surface area contributed by atoms with Crippen molar-refractivity contribution in [3.8, 4) is 0 Å². The van der Waals surface area contributed by atoms with Crippen LogP contribution >= 0.6 is 0 Å². The highest BCUT2D eigenvalue weighted by Gasteiger charge is 2.61. The number of hydrogen-bond acceptors (Lipinski definition) is 2. The highest BCUT2D eigenvalue weighted by Crippen LogP contribution is 2.41. The number of carboxylic acid groups (broad SMARTS) is 1. The maximum Gasteiger partial charge on any atom is 0.409 e. The number of amides is 1. The number of carbonyl (C=O) groups is 2. The molecule has 21 heavy (non-hydrogen) atoms. The van der Waals surface area contributed by atoms with E-state index in [0.717, 1.165) is 0 Å². The first-order valence-corrected chi connectivity index (χ1v) is 6.05. The van der Waals surface area contributed by atoms with Gasteiger partial charge < -0.3 is 10.4 Å². The summed E-state index contributed by atoms with van der Waals surface area (Å²) < 4.78 is 73.9. The molecular formula is C11H13F6NO3. The van der Waals surface area contributed by atoms with E-state index < -0.39 is 42.1 Å². The monoisotopic (exact) mass is 321 g/mol. The minimum atomic E-state index is -5.78. The van der Waals surface area contributed by atoms with Crippen molar-refractivity contribution in [2.45, 2.75) is 38.0 Å². The van der Waals surface area contributed by atoms with E-state index in [2.05, 4.69) is 0 Å². The highest BCUT2D eigenvalue weighted by atomic mass is 19.4. The van der Waals surface area contributed by atoms with Crippen LogP contribution in [0, 0.1) is 11.3 Å². The summed E-state index contributed by atoms with van der Waals surface area (Å²) in [7, 11) is 0. The van der Waals surface area contributed by atoms with Crippen LogP contribution in [0.1, 0.15) is 25.7 Å². The van der Waals surface area contributed by atoms with E-state index in [1.54, 1.807) is 0 Å². The Balaban J connectivity index is 2.81. The molecule has 0 atom stereocenters. The molecule has 0 aromatic carbocycles. The minimum absolute atomic E-state index is 0.102. The quantitative estimate of drug-likeness (QED) is 0.782. The summed E-state index contributed by atoms with van der Waals surface area (Å²) in [5, 5.41) is 10.5. The number of aliphatic carboxylic acids is 1. The maximum atomic E-state index is 12.3. The van der Waals surface area contributed by atoms with E-state index in [-0.39, 0.29) is 12.8 Å². The number of nitrogens with one attached hydrogen (secondary N) is 1. The summed E-state index contributed by atoms with van der Waals surface area (Å²) in [5.74, 6) is -7.77. The summed E-state index contributed by atoms with van der Waals surface area (Å²) in [6, 6.07) is 0. The second-order valence-corrected chi connectivity index (χ2v) is 5.03. The lowest BCUT2D eigenvalue weighted by Crippen LogP contribution is -2.51. The third-order valence-electron chi connectivity index (χ3n) is 3.53. The molecule has 1 fully saturated rings. The van der Waals surface area contributed by atoms with Crippen LogP contribution in [0.4, 0.5) is 26.3 Å². The Morgan fingerprint density at radius 3 is 1.81 bits per heavy atom. The van der Waals surface area contributed by atoms with Gasteiger partial charge in [0.05, 0.1) is 5.41 Å². The fraction of sp³-hybridized carbons (Fsp3) is 0.818. The van der Waals surface area contributed by atoms with Crippen molar-refractivity contribution < 1.29 is 41.0 Å². The molecule has 0 aromatic rings. The zero-order chi connectivity index (χ0) is 16.5. The Kier molecular flexibility index (Phi) is 4.79. The lowest BCUT2D eigenvalue weighted by molar-refractivity contribution is -0.274. The molecule has 2 N–H and O–H groups in total. The van der Waals surface area contributed by atoms with Crippen molar-refractivity contribution in [2.24, 2.45) is 11.3 Å². The van der Waals surface area contributed by atoms with Crippen molar-refractivity contribution >= 4 is 11.9 Å². The standard InChI is InChI=1S/C11H13F6NO3/c12-10(13,14)6(11(15,16)17)7(19)18-5-9(8(20)21)3-1-2-4-9/h6H,1-5H2,(H,18,19)(H,20,21). The second kappa shape index (κ2) is 5.72. The van der Waals surface area contributed by atoms with Gasteiger partial charge in [0.1, 0.15) is 0 Å². The number of hydrogen-bond donors (Lipinski definition) is 2. The smallest absolute Gasteiger partial charge is 0.409 e. The molecule has 1 saturated carbocycles. The van der Waals surface area contributed by atoms with Gasteiger partial charge in [-0.2, -0.15) is 26.3 Å². The molecule has 1 aliphatic rings. The molecule has 10 heteroatoms. The first-order chi connectivity index (χ1) is 9.40. The lowest BCUT2D eigenvalue weighted by Gasteiger charge is -2.27. The molecule has 0 heterocycles. The second-order valence-electron chi connectivity index (χ2n) is 5.03. The SMILES string of the molecule is O=C(NCC1(C(=O)O)CCCC1)C(C(F)(F)F)C(F)(F)F. The molecule has 0 saturated heterocycles. The van der Waals surface area contributed by atoms with Gasteiger partial charge in [-0.15, -0.1) is 0 Å². The minimum Gasteiger partial charge on any atom is -0.481 e. The lowest BCUT2D eigenvalue weighted by atomic mass is 9.86. The van der Waals surface area contributed by atoms with E-state index >= 15 is 0 Å². The normalized spacial score (nSPS) is 18.8. The van der Waals surface area contributed by atoms with Crippen LogP contribution in [-0.4, -0.2) is 35.9 Å². The number of alkyl halides is 6. The van der Waals surface area contributed by atoms with Crippen LogP contribution in [0.2, 0.25) is 0 Å². The molecule has 0 unspecified atom stereocenters. The van der Waals surface area contributed by atoms with Gasteiger partial charge in [0, 0.05) is 6.54 Å². The van der Waals surface area contributed by atoms with E-state index in [0.29, 0.717) is 12.8 Å². The molecule has 122 valence electrons. The molecule has 1 rings (SSSR count). The molecule has 1 aliphatic carbocycles. The van der Waals surface area contributed by atoms with Crippen molar-refractivity contribution in [1.29, 1.82) is 0 Å². The Morgan fingerprint density at radius 2 is 1.48 bits per heavy atom. The van der Waals surface area contributed by atoms with Gasteiger partial charge in [-0.05, 0) is 12.8 Å². The largest absolute Gasteiger partial charge is 0.481 e. The van der Waals surface area contributed by atoms with Crippen LogP contribution in [0.5, 0.6) is 0 Å². The third-order valence-corrected chi connectivity index (χ3v) is 3.53. The van der Waals surface area contributed by atoms with E-state index in [9.17, 15) is 35.9 Å². The van der Waals surface area contributed by atoms with Crippen molar-refractivity contribution in [1.82, 2.24) is 5.32 Å². The zero-order valence-electron chi connectivity index (χ0n) is 10.6. The summed E-state index contributed by atoms with van der Waals surface area (Å²) >= 11 is 0. The molecular weight excluding hydrogens is 308 g/mol. The van der Waals surface area contributed by atoms with Crippen LogP contribution in [-0.2, 0) is 9.59 Å². The van der Waals surface area contributed by atoms with Crippen molar-refractivity contribution in [3.63, 3.8) is 0 Å². The highest BCUT2D eigenvalue weighted by molar-refractivity contribution is 5.82. The topological polar surface area (TPSA) is 66.4 Å². The molecule has 0 aromatic heterocycles. The van der Waals surface area contributed by atoms with Gasteiger partial charge in [0.15, 0.2) is 0 Å². The summed E-state index contributed by atoms with van der Waals surface area (Å²) in [6.07, 6.45) is -10.4. The number of rotatable bonds is 4. The summed E-state index contributed by atoms with van der Waals surface area (Å²) in [6.45, 7) is -0.746. The average molecular weight is 321 g/mol. The van der Waals surface area contributed by atoms with Gasteiger partial charge in [-0.1, -0.05) is 12.8 Å². The van der Waals surface area contributed by atoms with Crippen LogP contribution < -0.4 is 5.32 Å². The fourth-order valence-corrected chi connectivity index (χ4v) is 2.36. The Hall–Kier alpha value is -1.48.